The molecule has 22 atom stereocenters. The maximum absolute atomic E-state index is 12.2. The molecular weight excluding hydrogens is 728 g/mol. The molecule has 0 radical (unpaired) electrons. The molecule has 3 saturated heterocycles. The topological polar surface area (TPSA) is 228 Å². The fraction of sp³-hybridized carbons (Fsp3) is 0.952. The predicted molar refractivity (Wildman–Crippen MR) is 198 cm³/mol. The van der Waals surface area contributed by atoms with Crippen molar-refractivity contribution in [2.75, 3.05) is 19.8 Å². The van der Waals surface area contributed by atoms with Gasteiger partial charge in [0.15, 0.2) is 12.6 Å². The summed E-state index contributed by atoms with van der Waals surface area (Å²) in [5.41, 5.74) is -3.19. The number of aliphatic hydroxyl groups is 9. The van der Waals surface area contributed by atoms with E-state index in [1.54, 1.807) is 0 Å². The van der Waals surface area contributed by atoms with E-state index in [-0.39, 0.29) is 40.6 Å². The number of rotatable bonds is 6. The van der Waals surface area contributed by atoms with Gasteiger partial charge >= 0.3 is 0 Å². The van der Waals surface area contributed by atoms with E-state index in [0.29, 0.717) is 25.9 Å². The van der Waals surface area contributed by atoms with Crippen LogP contribution in [-0.4, -0.2) is 151 Å². The van der Waals surface area contributed by atoms with E-state index in [0.717, 1.165) is 25.7 Å². The van der Waals surface area contributed by atoms with Crippen molar-refractivity contribution in [3.05, 3.63) is 12.2 Å². The zero-order valence-electron chi connectivity index (χ0n) is 34.0. The van der Waals surface area contributed by atoms with Crippen LogP contribution in [0.3, 0.4) is 0 Å². The van der Waals surface area contributed by atoms with E-state index < -0.39 is 108 Å². The summed E-state index contributed by atoms with van der Waals surface area (Å²) in [6.07, 6.45) is -6.70. The Balaban J connectivity index is 1.09. The minimum atomic E-state index is -1.69. The summed E-state index contributed by atoms with van der Waals surface area (Å²) in [4.78, 5) is 0. The molecule has 0 aromatic carbocycles. The van der Waals surface area contributed by atoms with E-state index in [1.165, 1.54) is 6.92 Å². The normalized spacial score (nSPS) is 60.1. The molecule has 2 bridgehead atoms. The highest BCUT2D eigenvalue weighted by Crippen LogP contribution is 2.79. The third-order valence-corrected chi connectivity index (χ3v) is 18.1. The molecule has 4 saturated carbocycles. The highest BCUT2D eigenvalue weighted by atomic mass is 16.8. The fourth-order valence-electron chi connectivity index (χ4n) is 14.3. The Morgan fingerprint density at radius 3 is 2.11 bits per heavy atom. The Hall–Kier alpha value is -0.820. The molecule has 320 valence electrons. The third-order valence-electron chi connectivity index (χ3n) is 18.1. The van der Waals surface area contributed by atoms with E-state index in [9.17, 15) is 46.0 Å². The van der Waals surface area contributed by atoms with Crippen molar-refractivity contribution in [1.29, 1.82) is 0 Å². The Morgan fingerprint density at radius 1 is 0.714 bits per heavy atom. The van der Waals surface area contributed by atoms with Crippen LogP contribution in [0.25, 0.3) is 0 Å². The molecule has 3 aliphatic heterocycles. The summed E-state index contributed by atoms with van der Waals surface area (Å²) >= 11 is 0. The molecule has 0 amide bonds. The molecule has 0 aromatic rings. The molecule has 8 rings (SSSR count). The standard InChI is InChI=1S/C42H68O14/c1-20-28(47)30(49)32(51)34(53-20)56-33-31(50)29(48)21(17-43)54-35(33)55-27-10-11-37(4)22(38(27,5)18-44)8-12-39(6)23(37)9-13-42-24-14-36(2,3)25(45)16-41(24,19-52-42)26(46)15-40(39,42)7/h9,13,20-35,43-51H,8,10-12,14-19H2,1-7H3/t20-,21-,22-,23-,24-,25+,26+,27+,28+,29-,30+,31+,32-,33-,34+,35+,37+,38+,39-,40+,41-,42+/m1/s1. The molecular formula is C42H68O14. The first-order valence-electron chi connectivity index (χ1n) is 21.0. The Labute approximate surface area is 330 Å². The van der Waals surface area contributed by atoms with E-state index in [1.807, 2.05) is 6.92 Å². The van der Waals surface area contributed by atoms with Crippen LogP contribution in [0.15, 0.2) is 12.2 Å². The van der Waals surface area contributed by atoms with Crippen molar-refractivity contribution in [2.24, 2.45) is 50.2 Å². The summed E-state index contributed by atoms with van der Waals surface area (Å²) in [5.74, 6) is 0.106. The van der Waals surface area contributed by atoms with Crippen LogP contribution in [-0.2, 0) is 23.7 Å². The van der Waals surface area contributed by atoms with Gasteiger partial charge in [0.25, 0.3) is 0 Å². The first-order chi connectivity index (χ1) is 26.1. The zero-order chi connectivity index (χ0) is 40.8. The van der Waals surface area contributed by atoms with Gasteiger partial charge in [-0.3, -0.25) is 0 Å². The van der Waals surface area contributed by atoms with Gasteiger partial charge < -0.3 is 69.6 Å². The van der Waals surface area contributed by atoms with Crippen LogP contribution in [0.4, 0.5) is 0 Å². The van der Waals surface area contributed by atoms with Gasteiger partial charge in [0.2, 0.25) is 0 Å². The molecule has 14 heteroatoms. The monoisotopic (exact) mass is 796 g/mol. The lowest BCUT2D eigenvalue weighted by atomic mass is 9.32. The quantitative estimate of drug-likeness (QED) is 0.134. The Morgan fingerprint density at radius 2 is 1.43 bits per heavy atom. The molecule has 9 N–H and O–H groups in total. The predicted octanol–water partition coefficient (Wildman–Crippen LogP) is 0.748. The average Bonchev–Trinajstić information content (AvgIpc) is 3.41. The molecule has 0 aromatic heterocycles. The largest absolute Gasteiger partial charge is 0.396 e. The number of hydrogen-bond donors (Lipinski definition) is 9. The molecule has 56 heavy (non-hydrogen) atoms. The smallest absolute Gasteiger partial charge is 0.187 e. The fourth-order valence-corrected chi connectivity index (χ4v) is 14.3. The van der Waals surface area contributed by atoms with Crippen molar-refractivity contribution < 1.29 is 69.6 Å². The van der Waals surface area contributed by atoms with Crippen molar-refractivity contribution in [3.8, 4) is 0 Å². The highest BCUT2D eigenvalue weighted by Gasteiger charge is 2.79. The van der Waals surface area contributed by atoms with E-state index in [4.69, 9.17) is 23.7 Å². The van der Waals surface area contributed by atoms with E-state index in [2.05, 4.69) is 46.8 Å². The van der Waals surface area contributed by atoms with Gasteiger partial charge in [0.05, 0.1) is 49.8 Å². The van der Waals surface area contributed by atoms with E-state index >= 15 is 0 Å². The number of fused-ring (bicyclic) bond motifs is 4. The number of allylic oxidation sites excluding steroid dienone is 1. The van der Waals surface area contributed by atoms with Gasteiger partial charge in [0, 0.05) is 22.2 Å². The van der Waals surface area contributed by atoms with Gasteiger partial charge in [-0.25, -0.2) is 0 Å². The lowest BCUT2D eigenvalue weighted by molar-refractivity contribution is -0.377. The second-order valence-electron chi connectivity index (χ2n) is 21.0. The Bertz CT molecular complexity index is 1530. The number of aliphatic hydroxyl groups excluding tert-OH is 9. The van der Waals surface area contributed by atoms with Crippen LogP contribution in [0.2, 0.25) is 0 Å². The second kappa shape index (κ2) is 13.6. The number of hydrogen-bond acceptors (Lipinski definition) is 14. The molecule has 0 unspecified atom stereocenters. The third kappa shape index (κ3) is 5.37. The van der Waals surface area contributed by atoms with Gasteiger partial charge in [-0.15, -0.1) is 0 Å². The second-order valence-corrected chi connectivity index (χ2v) is 21.0. The van der Waals surface area contributed by atoms with Crippen LogP contribution in [0.5, 0.6) is 0 Å². The van der Waals surface area contributed by atoms with Crippen molar-refractivity contribution in [3.63, 3.8) is 0 Å². The van der Waals surface area contributed by atoms with Crippen LogP contribution >= 0.6 is 0 Å². The van der Waals surface area contributed by atoms with Crippen molar-refractivity contribution >= 4 is 0 Å². The van der Waals surface area contributed by atoms with Crippen LogP contribution in [0.1, 0.15) is 93.4 Å². The summed E-state index contributed by atoms with van der Waals surface area (Å²) < 4.78 is 31.5. The lowest BCUT2D eigenvalue weighted by Gasteiger charge is -2.73. The maximum Gasteiger partial charge on any atom is 0.187 e. The van der Waals surface area contributed by atoms with Crippen LogP contribution in [0, 0.1) is 50.2 Å². The molecule has 3 heterocycles. The minimum absolute atomic E-state index is 0.0342. The maximum atomic E-state index is 12.2. The van der Waals surface area contributed by atoms with Gasteiger partial charge in [-0.2, -0.15) is 0 Å². The number of ether oxygens (including phenoxy) is 5. The summed E-state index contributed by atoms with van der Waals surface area (Å²) in [6.45, 7) is 14.4. The molecule has 7 fully saturated rings. The summed E-state index contributed by atoms with van der Waals surface area (Å²) in [6, 6.07) is 0. The average molecular weight is 797 g/mol. The summed E-state index contributed by atoms with van der Waals surface area (Å²) in [7, 11) is 0. The molecule has 14 nitrogen and oxygen atoms in total. The summed E-state index contributed by atoms with van der Waals surface area (Å²) in [5, 5.41) is 98.5. The SMILES string of the molecule is C[C@H]1O[C@@H](O[C@H]2[C@H](O[C@H]3CC[C@@]4(C)[C@@H](CC[C@]5(C)[C@@H]4C=C[C@]46OC[C@@]7(C[C@H](O)C(C)(C)C[C@H]74)[C@@H](O)C[C@]65C)[C@]3(C)CO)O[C@H](CO)[C@@H](O)[C@@H]2O)[C@H](O)[C@@H](O)[C@H]1O. The molecule has 5 aliphatic carbocycles. The van der Waals surface area contributed by atoms with Crippen LogP contribution < -0.4 is 0 Å². The minimum Gasteiger partial charge on any atom is -0.396 e. The van der Waals surface area contributed by atoms with Gasteiger partial charge in [-0.1, -0.05) is 53.7 Å². The Kier molecular flexibility index (Phi) is 10.2. The first kappa shape index (κ1) is 41.9. The molecule has 1 spiro atoms. The highest BCUT2D eigenvalue weighted by molar-refractivity contribution is 5.36. The van der Waals surface area contributed by atoms with Gasteiger partial charge in [-0.05, 0) is 80.0 Å². The van der Waals surface area contributed by atoms with Gasteiger partial charge in [0.1, 0.15) is 42.7 Å². The lowest BCUT2D eigenvalue weighted by Crippen LogP contribution is -2.73. The first-order valence-corrected chi connectivity index (χ1v) is 21.0. The zero-order valence-corrected chi connectivity index (χ0v) is 34.0. The van der Waals surface area contributed by atoms with Crippen molar-refractivity contribution in [2.45, 2.75) is 179 Å². The van der Waals surface area contributed by atoms with Crippen molar-refractivity contribution in [1.82, 2.24) is 0 Å². The molecule has 8 aliphatic rings.